The minimum absolute atomic E-state index is 0.125. The maximum Gasteiger partial charge on any atom is 0.271 e. The molecule has 1 aliphatic rings. The van der Waals surface area contributed by atoms with E-state index >= 15 is 0 Å². The fraction of sp³-hybridized carbons (Fsp3) is 0.545. The van der Waals surface area contributed by atoms with E-state index in [0.29, 0.717) is 12.2 Å². The quantitative estimate of drug-likeness (QED) is 0.808. The van der Waals surface area contributed by atoms with Gasteiger partial charge in [0, 0.05) is 31.9 Å². The van der Waals surface area contributed by atoms with Gasteiger partial charge in [-0.05, 0) is 63.4 Å². The molecule has 0 saturated heterocycles. The highest BCUT2D eigenvalue weighted by Crippen LogP contribution is 2.33. The SMILES string of the molecule is COc1cc2c(cc1OC)CN(CCNC(=O)c1cc(C)n(C(C)(C)C)n1)CC2. The van der Waals surface area contributed by atoms with Crippen LogP contribution in [0.4, 0.5) is 0 Å². The van der Waals surface area contributed by atoms with Crippen LogP contribution in [0.2, 0.25) is 0 Å². The van der Waals surface area contributed by atoms with Crippen LogP contribution in [0.5, 0.6) is 11.5 Å². The summed E-state index contributed by atoms with van der Waals surface area (Å²) in [4.78, 5) is 14.8. The second-order valence-corrected chi connectivity index (χ2v) is 8.51. The van der Waals surface area contributed by atoms with Crippen LogP contribution >= 0.6 is 0 Å². The van der Waals surface area contributed by atoms with Crippen molar-refractivity contribution in [2.24, 2.45) is 0 Å². The molecule has 1 amide bonds. The van der Waals surface area contributed by atoms with Gasteiger partial charge in [-0.2, -0.15) is 5.10 Å². The summed E-state index contributed by atoms with van der Waals surface area (Å²) in [6, 6.07) is 5.97. The number of aryl methyl sites for hydroxylation is 1. The number of aromatic nitrogens is 2. The predicted molar refractivity (Wildman–Crippen MR) is 113 cm³/mol. The van der Waals surface area contributed by atoms with Crippen molar-refractivity contribution in [1.82, 2.24) is 20.0 Å². The molecule has 0 atom stereocenters. The van der Waals surface area contributed by atoms with Gasteiger partial charge < -0.3 is 14.8 Å². The fourth-order valence-corrected chi connectivity index (χ4v) is 3.82. The lowest BCUT2D eigenvalue weighted by Crippen LogP contribution is -2.38. The van der Waals surface area contributed by atoms with Gasteiger partial charge in [-0.1, -0.05) is 0 Å². The van der Waals surface area contributed by atoms with Crippen molar-refractivity contribution in [3.63, 3.8) is 0 Å². The molecule has 1 aliphatic heterocycles. The molecule has 1 N–H and O–H groups in total. The molecule has 1 aromatic carbocycles. The van der Waals surface area contributed by atoms with Crippen LogP contribution in [-0.2, 0) is 18.5 Å². The Kier molecular flexibility index (Phi) is 6.17. The molecule has 0 aliphatic carbocycles. The highest BCUT2D eigenvalue weighted by Gasteiger charge is 2.21. The molecule has 158 valence electrons. The molecule has 0 bridgehead atoms. The van der Waals surface area contributed by atoms with Crippen molar-refractivity contribution in [3.8, 4) is 11.5 Å². The molecule has 2 heterocycles. The van der Waals surface area contributed by atoms with E-state index in [0.717, 1.165) is 43.2 Å². The van der Waals surface area contributed by atoms with E-state index in [1.54, 1.807) is 14.2 Å². The van der Waals surface area contributed by atoms with Gasteiger partial charge in [0.15, 0.2) is 11.5 Å². The number of benzene rings is 1. The highest BCUT2D eigenvalue weighted by atomic mass is 16.5. The lowest BCUT2D eigenvalue weighted by atomic mass is 9.99. The molecular weight excluding hydrogens is 368 g/mol. The first-order chi connectivity index (χ1) is 13.7. The maximum absolute atomic E-state index is 12.5. The van der Waals surface area contributed by atoms with Gasteiger partial charge in [-0.25, -0.2) is 0 Å². The first-order valence-electron chi connectivity index (χ1n) is 10.0. The first kappa shape index (κ1) is 21.2. The molecule has 29 heavy (non-hydrogen) atoms. The van der Waals surface area contributed by atoms with E-state index < -0.39 is 0 Å². The predicted octanol–water partition coefficient (Wildman–Crippen LogP) is 2.75. The van der Waals surface area contributed by atoms with Crippen molar-refractivity contribution in [1.29, 1.82) is 0 Å². The average Bonchev–Trinajstić information content (AvgIpc) is 3.09. The lowest BCUT2D eigenvalue weighted by molar-refractivity contribution is 0.0940. The maximum atomic E-state index is 12.5. The van der Waals surface area contributed by atoms with Crippen LogP contribution < -0.4 is 14.8 Å². The zero-order chi connectivity index (χ0) is 21.2. The van der Waals surface area contributed by atoms with E-state index in [-0.39, 0.29) is 11.4 Å². The summed E-state index contributed by atoms with van der Waals surface area (Å²) in [7, 11) is 3.32. The smallest absolute Gasteiger partial charge is 0.271 e. The third kappa shape index (κ3) is 4.72. The number of ether oxygens (including phenoxy) is 2. The van der Waals surface area contributed by atoms with Gasteiger partial charge >= 0.3 is 0 Å². The number of hydrogen-bond acceptors (Lipinski definition) is 5. The Hall–Kier alpha value is -2.54. The summed E-state index contributed by atoms with van der Waals surface area (Å²) in [6.07, 6.45) is 0.957. The van der Waals surface area contributed by atoms with E-state index in [2.05, 4.69) is 48.2 Å². The van der Waals surface area contributed by atoms with Gasteiger partial charge in [-0.15, -0.1) is 0 Å². The average molecular weight is 401 g/mol. The molecule has 0 unspecified atom stereocenters. The van der Waals surface area contributed by atoms with Crippen molar-refractivity contribution in [3.05, 3.63) is 40.7 Å². The number of rotatable bonds is 6. The minimum Gasteiger partial charge on any atom is -0.493 e. The minimum atomic E-state index is -0.145. The van der Waals surface area contributed by atoms with Gasteiger partial charge in [0.2, 0.25) is 0 Å². The molecule has 7 nitrogen and oxygen atoms in total. The lowest BCUT2D eigenvalue weighted by Gasteiger charge is -2.29. The highest BCUT2D eigenvalue weighted by molar-refractivity contribution is 5.92. The van der Waals surface area contributed by atoms with Gasteiger partial charge in [0.25, 0.3) is 5.91 Å². The third-order valence-corrected chi connectivity index (χ3v) is 5.27. The monoisotopic (exact) mass is 400 g/mol. The molecule has 3 rings (SSSR count). The summed E-state index contributed by atoms with van der Waals surface area (Å²) < 4.78 is 12.7. The summed E-state index contributed by atoms with van der Waals surface area (Å²) in [5, 5.41) is 7.48. The van der Waals surface area contributed by atoms with Crippen LogP contribution in [0.15, 0.2) is 18.2 Å². The molecule has 7 heteroatoms. The molecule has 1 aromatic heterocycles. The third-order valence-electron chi connectivity index (χ3n) is 5.27. The summed E-state index contributed by atoms with van der Waals surface area (Å²) in [5.74, 6) is 1.41. The molecule has 2 aromatic rings. The van der Waals surface area contributed by atoms with Crippen LogP contribution in [0, 0.1) is 6.92 Å². The Morgan fingerprint density at radius 1 is 1.14 bits per heavy atom. The number of fused-ring (bicyclic) bond motifs is 1. The number of nitrogens with zero attached hydrogens (tertiary/aromatic N) is 3. The second-order valence-electron chi connectivity index (χ2n) is 8.51. The Morgan fingerprint density at radius 2 is 1.79 bits per heavy atom. The number of nitrogens with one attached hydrogen (secondary N) is 1. The molecule has 0 radical (unpaired) electrons. The Morgan fingerprint density at radius 3 is 2.38 bits per heavy atom. The Balaban J connectivity index is 1.56. The summed E-state index contributed by atoms with van der Waals surface area (Å²) in [6.45, 7) is 11.4. The van der Waals surface area contributed by atoms with Crippen molar-refractivity contribution in [2.75, 3.05) is 33.9 Å². The number of carbonyl (C=O) groups excluding carboxylic acids is 1. The molecule has 0 saturated carbocycles. The normalized spacial score (nSPS) is 14.4. The van der Waals surface area contributed by atoms with Crippen LogP contribution in [0.1, 0.15) is 48.1 Å². The fourth-order valence-electron chi connectivity index (χ4n) is 3.82. The molecule has 0 spiro atoms. The van der Waals surface area contributed by atoms with Crippen molar-refractivity contribution < 1.29 is 14.3 Å². The van der Waals surface area contributed by atoms with Crippen LogP contribution in [0.3, 0.4) is 0 Å². The van der Waals surface area contributed by atoms with E-state index in [1.807, 2.05) is 17.7 Å². The second kappa shape index (κ2) is 8.45. The number of amides is 1. The first-order valence-corrected chi connectivity index (χ1v) is 10.0. The zero-order valence-corrected chi connectivity index (χ0v) is 18.3. The van der Waals surface area contributed by atoms with E-state index in [4.69, 9.17) is 9.47 Å². The van der Waals surface area contributed by atoms with Crippen LogP contribution in [-0.4, -0.2) is 54.4 Å². The summed E-state index contributed by atoms with van der Waals surface area (Å²) in [5.41, 5.74) is 3.86. The number of methoxy groups -OCH3 is 2. The Bertz CT molecular complexity index is 883. The van der Waals surface area contributed by atoms with Gasteiger partial charge in [-0.3, -0.25) is 14.4 Å². The molecule has 0 fully saturated rings. The summed E-state index contributed by atoms with van der Waals surface area (Å²) >= 11 is 0. The van der Waals surface area contributed by atoms with Gasteiger partial charge in [0.1, 0.15) is 5.69 Å². The van der Waals surface area contributed by atoms with E-state index in [1.165, 1.54) is 11.1 Å². The Labute approximate surface area is 173 Å². The van der Waals surface area contributed by atoms with Crippen molar-refractivity contribution in [2.45, 2.75) is 46.2 Å². The van der Waals surface area contributed by atoms with Crippen molar-refractivity contribution >= 4 is 5.91 Å². The number of hydrogen-bond donors (Lipinski definition) is 1. The number of carbonyl (C=O) groups is 1. The molecular formula is C22H32N4O3. The van der Waals surface area contributed by atoms with Crippen LogP contribution in [0.25, 0.3) is 0 Å². The standard InChI is InChI=1S/C22H32N4O3/c1-15-11-18(24-26(15)22(2,3)4)21(27)23-8-10-25-9-7-16-12-19(28-5)20(29-6)13-17(16)14-25/h11-13H,7-10,14H2,1-6H3,(H,23,27). The van der Waals surface area contributed by atoms with E-state index in [9.17, 15) is 4.79 Å². The zero-order valence-electron chi connectivity index (χ0n) is 18.3. The largest absolute Gasteiger partial charge is 0.493 e. The van der Waals surface area contributed by atoms with Gasteiger partial charge in [0.05, 0.1) is 19.8 Å². The topological polar surface area (TPSA) is 68.6 Å².